The number of carbonyl (C=O) groups is 1. The topological polar surface area (TPSA) is 76.8 Å². The Kier molecular flexibility index (Phi) is 5.67. The number of aromatic hydroxyl groups is 1. The number of benzene rings is 2. The molecule has 1 fully saturated rings. The molecule has 154 valence electrons. The largest absolute Gasteiger partial charge is 0.503 e. The second-order valence-corrected chi connectivity index (χ2v) is 9.04. The van der Waals surface area contributed by atoms with Gasteiger partial charge in [-0.3, -0.25) is 9.69 Å². The Balaban J connectivity index is 1.69. The van der Waals surface area contributed by atoms with E-state index in [9.17, 15) is 15.2 Å². The lowest BCUT2D eigenvalue weighted by molar-refractivity contribution is -0.129. The number of methoxy groups -OCH3 is 1. The molecule has 2 aliphatic heterocycles. The first-order chi connectivity index (χ1) is 14.4. The van der Waals surface area contributed by atoms with Crippen LogP contribution in [0.4, 0.5) is 5.69 Å². The van der Waals surface area contributed by atoms with Crippen molar-refractivity contribution in [2.75, 3.05) is 24.6 Å². The van der Waals surface area contributed by atoms with Crippen molar-refractivity contribution in [2.24, 2.45) is 0 Å². The summed E-state index contributed by atoms with van der Waals surface area (Å²) in [7, 11) is 1.47. The molecule has 1 atom stereocenters. The van der Waals surface area contributed by atoms with Crippen molar-refractivity contribution in [3.63, 3.8) is 0 Å². The van der Waals surface area contributed by atoms with Gasteiger partial charge in [-0.2, -0.15) is 5.26 Å². The van der Waals surface area contributed by atoms with Crippen LogP contribution >= 0.6 is 27.7 Å². The summed E-state index contributed by atoms with van der Waals surface area (Å²) in [5.41, 5.74) is 3.56. The van der Waals surface area contributed by atoms with Crippen LogP contribution in [0.3, 0.4) is 0 Å². The summed E-state index contributed by atoms with van der Waals surface area (Å²) in [6, 6.07) is 14.0. The molecule has 30 heavy (non-hydrogen) atoms. The van der Waals surface area contributed by atoms with Crippen molar-refractivity contribution in [3.05, 3.63) is 62.6 Å². The monoisotopic (exact) mass is 485 g/mol. The van der Waals surface area contributed by atoms with Gasteiger partial charge in [0.05, 0.1) is 40.8 Å². The number of halogens is 1. The van der Waals surface area contributed by atoms with Gasteiger partial charge in [-0.15, -0.1) is 0 Å². The summed E-state index contributed by atoms with van der Waals surface area (Å²) in [5, 5.41) is 20.8. The Morgan fingerprint density at radius 1 is 1.30 bits per heavy atom. The van der Waals surface area contributed by atoms with Gasteiger partial charge in [0.15, 0.2) is 11.5 Å². The van der Waals surface area contributed by atoms with Crippen LogP contribution in [0.1, 0.15) is 23.5 Å². The lowest BCUT2D eigenvalue weighted by Gasteiger charge is -2.42. The number of anilines is 1. The van der Waals surface area contributed by atoms with Gasteiger partial charge in [0, 0.05) is 18.0 Å². The molecule has 1 saturated heterocycles. The summed E-state index contributed by atoms with van der Waals surface area (Å²) < 4.78 is 5.71. The molecule has 0 saturated carbocycles. The number of nitrogens with zero attached hydrogens (tertiary/aromatic N) is 3. The number of nitriles is 1. The second-order valence-electron chi connectivity index (χ2n) is 7.25. The van der Waals surface area contributed by atoms with Crippen molar-refractivity contribution >= 4 is 39.3 Å². The highest BCUT2D eigenvalue weighted by molar-refractivity contribution is 9.10. The molecule has 2 aliphatic rings. The first-order valence-corrected chi connectivity index (χ1v) is 11.2. The molecule has 1 N–H and O–H groups in total. The van der Waals surface area contributed by atoms with E-state index in [1.54, 1.807) is 17.0 Å². The maximum absolute atomic E-state index is 13.1. The maximum atomic E-state index is 13.1. The van der Waals surface area contributed by atoms with Gasteiger partial charge in [-0.1, -0.05) is 29.5 Å². The summed E-state index contributed by atoms with van der Waals surface area (Å²) in [5.74, 6) is 0.553. The molecule has 0 bridgehead atoms. The van der Waals surface area contributed by atoms with Gasteiger partial charge in [0.2, 0.25) is 5.91 Å². The molecule has 1 amide bonds. The van der Waals surface area contributed by atoms with Crippen molar-refractivity contribution in [3.8, 4) is 17.6 Å². The van der Waals surface area contributed by atoms with Crippen molar-refractivity contribution in [1.82, 2.24) is 4.90 Å². The number of hydrogen-bond acceptors (Lipinski definition) is 6. The number of rotatable bonds is 3. The fraction of sp³-hybridized carbons (Fsp3) is 0.273. The van der Waals surface area contributed by atoms with Crippen molar-refractivity contribution in [2.45, 2.75) is 19.3 Å². The number of allylic oxidation sites excluding steroid dienone is 1. The minimum Gasteiger partial charge on any atom is -0.503 e. The van der Waals surface area contributed by atoms with E-state index in [1.165, 1.54) is 24.4 Å². The van der Waals surface area contributed by atoms with Gasteiger partial charge < -0.3 is 14.7 Å². The Bertz CT molecular complexity index is 1080. The standard InChI is InChI=1S/C22H20BrN3O3S/c1-13-3-5-15(6-4-13)25-11-26-20(27)9-16(17(10-24)22(26)30-12-25)14-7-18(23)21(28)19(8-14)29-2/h3-8,16,28H,9,11-12H2,1-2H3. The number of amides is 1. The number of carbonyl (C=O) groups excluding carboxylic acids is 1. The molecule has 2 aromatic rings. The minimum absolute atomic E-state index is 0.00282. The highest BCUT2D eigenvalue weighted by Crippen LogP contribution is 2.46. The Labute approximate surface area is 187 Å². The zero-order chi connectivity index (χ0) is 21.4. The normalized spacial score (nSPS) is 18.9. The molecule has 4 rings (SSSR count). The summed E-state index contributed by atoms with van der Waals surface area (Å²) in [6.07, 6.45) is 0.190. The molecule has 6 nitrogen and oxygen atoms in total. The summed E-state index contributed by atoms with van der Waals surface area (Å²) in [6.45, 7) is 2.46. The molecule has 8 heteroatoms. The summed E-state index contributed by atoms with van der Waals surface area (Å²) >= 11 is 4.84. The molecule has 2 aromatic carbocycles. The zero-order valence-electron chi connectivity index (χ0n) is 16.6. The fourth-order valence-electron chi connectivity index (χ4n) is 3.72. The van der Waals surface area contributed by atoms with Crippen LogP contribution < -0.4 is 9.64 Å². The third-order valence-electron chi connectivity index (χ3n) is 5.37. The van der Waals surface area contributed by atoms with Crippen LogP contribution in [0.15, 0.2) is 51.5 Å². The Hall–Kier alpha value is -2.63. The number of ether oxygens (including phenoxy) is 1. The lowest BCUT2D eigenvalue weighted by atomic mass is 9.86. The van der Waals surface area contributed by atoms with Gasteiger partial charge in [0.25, 0.3) is 0 Å². The average Bonchev–Trinajstić information content (AvgIpc) is 2.76. The van der Waals surface area contributed by atoms with Crippen LogP contribution in [0, 0.1) is 18.3 Å². The van der Waals surface area contributed by atoms with E-state index in [2.05, 4.69) is 39.0 Å². The van der Waals surface area contributed by atoms with Crippen LogP contribution in [0.25, 0.3) is 0 Å². The quantitative estimate of drug-likeness (QED) is 0.679. The molecule has 1 unspecified atom stereocenters. The molecule has 0 aliphatic carbocycles. The number of thioether (sulfide) groups is 1. The highest BCUT2D eigenvalue weighted by Gasteiger charge is 2.38. The third kappa shape index (κ3) is 3.64. The van der Waals surface area contributed by atoms with Gasteiger partial charge >= 0.3 is 0 Å². The molecule has 2 heterocycles. The molecule has 0 aromatic heterocycles. The molecular weight excluding hydrogens is 466 g/mol. The zero-order valence-corrected chi connectivity index (χ0v) is 19.0. The smallest absolute Gasteiger partial charge is 0.229 e. The van der Waals surface area contributed by atoms with Crippen molar-refractivity contribution < 1.29 is 14.6 Å². The average molecular weight is 486 g/mol. The lowest BCUT2D eigenvalue weighted by Crippen LogP contribution is -2.47. The number of phenols is 1. The van der Waals surface area contributed by atoms with Crippen LogP contribution in [0.5, 0.6) is 11.5 Å². The van der Waals surface area contributed by atoms with Crippen molar-refractivity contribution in [1.29, 1.82) is 5.26 Å². The minimum atomic E-state index is -0.377. The highest BCUT2D eigenvalue weighted by atomic mass is 79.9. The first-order valence-electron chi connectivity index (χ1n) is 9.38. The predicted molar refractivity (Wildman–Crippen MR) is 120 cm³/mol. The second kappa shape index (κ2) is 8.25. The van der Waals surface area contributed by atoms with Gasteiger partial charge in [-0.05, 0) is 52.7 Å². The Morgan fingerprint density at radius 3 is 2.70 bits per heavy atom. The van der Waals surface area contributed by atoms with E-state index >= 15 is 0 Å². The van der Waals surface area contributed by atoms with Gasteiger partial charge in [0.1, 0.15) is 0 Å². The summed E-state index contributed by atoms with van der Waals surface area (Å²) in [4.78, 5) is 16.9. The van der Waals surface area contributed by atoms with Crippen LogP contribution in [-0.2, 0) is 4.79 Å². The predicted octanol–water partition coefficient (Wildman–Crippen LogP) is 4.69. The third-order valence-corrected chi connectivity index (χ3v) is 7.12. The van der Waals surface area contributed by atoms with E-state index in [-0.39, 0.29) is 24.0 Å². The molecular formula is C22H20BrN3O3S. The number of aryl methyl sites for hydroxylation is 1. The SMILES string of the molecule is COc1cc(C2CC(=O)N3CN(c4ccc(C)cc4)CSC3=C2C#N)cc(Br)c1O. The molecule has 0 radical (unpaired) electrons. The van der Waals surface area contributed by atoms with Gasteiger partial charge in [-0.25, -0.2) is 0 Å². The first kappa shape index (κ1) is 20.6. The van der Waals surface area contributed by atoms with E-state index in [0.29, 0.717) is 33.4 Å². The van der Waals surface area contributed by atoms with E-state index in [0.717, 1.165) is 11.3 Å². The van der Waals surface area contributed by atoms with E-state index in [1.807, 2.05) is 19.1 Å². The fourth-order valence-corrected chi connectivity index (χ4v) is 5.34. The van der Waals surface area contributed by atoms with E-state index in [4.69, 9.17) is 4.74 Å². The molecule has 0 spiro atoms. The van der Waals surface area contributed by atoms with Crippen LogP contribution in [-0.4, -0.2) is 35.6 Å². The number of phenolic OH excluding ortho intramolecular Hbond substituents is 1. The van der Waals surface area contributed by atoms with E-state index < -0.39 is 0 Å². The number of fused-ring (bicyclic) bond motifs is 1. The maximum Gasteiger partial charge on any atom is 0.229 e. The number of hydrogen-bond donors (Lipinski definition) is 1. The van der Waals surface area contributed by atoms with Crippen LogP contribution in [0.2, 0.25) is 0 Å². The Morgan fingerprint density at radius 2 is 2.03 bits per heavy atom.